The maximum atomic E-state index is 10.7. The second-order valence-corrected chi connectivity index (χ2v) is 3.05. The Morgan fingerprint density at radius 3 is 1.57 bits per heavy atom. The van der Waals surface area contributed by atoms with Crippen molar-refractivity contribution in [3.8, 4) is 0 Å². The van der Waals surface area contributed by atoms with Gasteiger partial charge < -0.3 is 19.7 Å². The van der Waals surface area contributed by atoms with Crippen LogP contribution in [0.1, 0.15) is 12.8 Å². The Hall–Kier alpha value is -1.41. The number of carboxylic acids is 3. The van der Waals surface area contributed by atoms with E-state index < -0.39 is 36.4 Å². The van der Waals surface area contributed by atoms with Crippen LogP contribution in [0.4, 0.5) is 0 Å². The molecule has 0 saturated heterocycles. The normalized spacial score (nSPS) is 11.1. The van der Waals surface area contributed by atoms with Gasteiger partial charge in [-0.05, 0) is 0 Å². The first-order chi connectivity index (χ1) is 6.34. The van der Waals surface area contributed by atoms with Crippen molar-refractivity contribution >= 4 is 28.4 Å². The highest BCUT2D eigenvalue weighted by atomic mass is 28.2. The fourth-order valence-electron chi connectivity index (χ4n) is 0.934. The minimum Gasteiger partial charge on any atom is -0.481 e. The predicted molar refractivity (Wildman–Crippen MR) is 45.9 cm³/mol. The Morgan fingerprint density at radius 1 is 1.07 bits per heavy atom. The fraction of sp³-hybridized carbons (Fsp3) is 0.500. The van der Waals surface area contributed by atoms with Crippen molar-refractivity contribution in [2.45, 2.75) is 18.4 Å². The second-order valence-electron chi connectivity index (χ2n) is 2.64. The van der Waals surface area contributed by atoms with E-state index in [4.69, 9.17) is 15.3 Å². The lowest BCUT2D eigenvalue weighted by molar-refractivity contribution is -0.166. The molecule has 0 radical (unpaired) electrons. The Balaban J connectivity index is 4.87. The highest BCUT2D eigenvalue weighted by molar-refractivity contribution is 6.01. The minimum absolute atomic E-state index is 0.0526. The monoisotopic (exact) mass is 222 g/mol. The molecule has 0 unspecified atom stereocenters. The van der Waals surface area contributed by atoms with Gasteiger partial charge in [-0.3, -0.25) is 9.59 Å². The molecular formula is C6H10O7Si. The summed E-state index contributed by atoms with van der Waals surface area (Å²) >= 11 is 0. The van der Waals surface area contributed by atoms with Crippen LogP contribution in [0, 0.1) is 0 Å². The predicted octanol–water partition coefficient (Wildman–Crippen LogP) is -1.94. The third kappa shape index (κ3) is 3.15. The summed E-state index contributed by atoms with van der Waals surface area (Å²) in [5, 5.41) is 25.5. The topological polar surface area (TPSA) is 121 Å². The van der Waals surface area contributed by atoms with Crippen LogP contribution in [0.25, 0.3) is 0 Å². The van der Waals surface area contributed by atoms with Crippen molar-refractivity contribution in [3.05, 3.63) is 0 Å². The first kappa shape index (κ1) is 12.6. The average Bonchev–Trinajstić information content (AvgIpc) is 2.00. The summed E-state index contributed by atoms with van der Waals surface area (Å²) in [6.07, 6.45) is -1.73. The molecular weight excluding hydrogens is 212 g/mol. The zero-order valence-corrected chi connectivity index (χ0v) is 9.39. The zero-order valence-electron chi connectivity index (χ0n) is 7.39. The van der Waals surface area contributed by atoms with Crippen molar-refractivity contribution in [2.24, 2.45) is 0 Å². The van der Waals surface area contributed by atoms with Crippen LogP contribution in [-0.2, 0) is 18.8 Å². The lowest BCUT2D eigenvalue weighted by atomic mass is 9.96. The molecule has 0 aliphatic heterocycles. The van der Waals surface area contributed by atoms with Crippen LogP contribution < -0.4 is 0 Å². The smallest absolute Gasteiger partial charge is 0.336 e. The van der Waals surface area contributed by atoms with Crippen molar-refractivity contribution in [3.63, 3.8) is 0 Å². The van der Waals surface area contributed by atoms with E-state index in [2.05, 4.69) is 4.43 Å². The lowest BCUT2D eigenvalue weighted by Crippen LogP contribution is -2.45. The Kier molecular flexibility index (Phi) is 4.24. The zero-order chi connectivity index (χ0) is 11.4. The molecule has 0 aromatic heterocycles. The van der Waals surface area contributed by atoms with Crippen molar-refractivity contribution in [2.75, 3.05) is 0 Å². The van der Waals surface area contributed by atoms with Gasteiger partial charge in [0.1, 0.15) is 10.5 Å². The highest BCUT2D eigenvalue weighted by Crippen LogP contribution is 2.20. The maximum Gasteiger partial charge on any atom is 0.336 e. The van der Waals surface area contributed by atoms with Gasteiger partial charge in [0.2, 0.25) is 0 Å². The number of hydrogen-bond donors (Lipinski definition) is 3. The molecule has 0 bridgehead atoms. The molecule has 0 rings (SSSR count). The quantitative estimate of drug-likeness (QED) is 0.447. The van der Waals surface area contributed by atoms with E-state index in [1.165, 1.54) is 0 Å². The molecule has 0 atom stereocenters. The van der Waals surface area contributed by atoms with Crippen LogP contribution in [0.3, 0.4) is 0 Å². The molecule has 8 heteroatoms. The van der Waals surface area contributed by atoms with Gasteiger partial charge in [0.05, 0.1) is 12.8 Å². The molecule has 3 N–H and O–H groups in total. The minimum atomic E-state index is -2.14. The van der Waals surface area contributed by atoms with Gasteiger partial charge in [-0.1, -0.05) is 0 Å². The summed E-state index contributed by atoms with van der Waals surface area (Å²) in [6, 6.07) is 0. The van der Waals surface area contributed by atoms with Crippen LogP contribution in [-0.4, -0.2) is 49.3 Å². The van der Waals surface area contributed by atoms with Gasteiger partial charge in [-0.25, -0.2) is 4.79 Å². The summed E-state index contributed by atoms with van der Waals surface area (Å²) in [6.45, 7) is 0. The third-order valence-electron chi connectivity index (χ3n) is 1.65. The third-order valence-corrected chi connectivity index (χ3v) is 2.44. The summed E-state index contributed by atoms with van der Waals surface area (Å²) in [5.41, 5.74) is -2.14. The van der Waals surface area contributed by atoms with E-state index in [9.17, 15) is 14.4 Å². The Labute approximate surface area is 81.8 Å². The molecule has 0 spiro atoms. The molecule has 0 heterocycles. The SMILES string of the molecule is O=C(O)CC(CC(=O)O)(O[SiH3])C(=O)O. The number of carbonyl (C=O) groups is 3. The van der Waals surface area contributed by atoms with Crippen LogP contribution in [0.2, 0.25) is 0 Å². The first-order valence-electron chi connectivity index (χ1n) is 3.56. The number of hydrogen-bond acceptors (Lipinski definition) is 4. The Bertz CT molecular complexity index is 245. The van der Waals surface area contributed by atoms with E-state index in [0.717, 1.165) is 0 Å². The molecule has 7 nitrogen and oxygen atoms in total. The van der Waals surface area contributed by atoms with E-state index in [1.54, 1.807) is 0 Å². The van der Waals surface area contributed by atoms with Gasteiger partial charge in [0, 0.05) is 0 Å². The molecule has 0 aromatic rings. The largest absolute Gasteiger partial charge is 0.481 e. The summed E-state index contributed by atoms with van der Waals surface area (Å²) in [4.78, 5) is 31.4. The van der Waals surface area contributed by atoms with Gasteiger partial charge in [-0.2, -0.15) is 0 Å². The summed E-state index contributed by atoms with van der Waals surface area (Å²) in [7, 11) is -0.0526. The van der Waals surface area contributed by atoms with Crippen molar-refractivity contribution in [1.29, 1.82) is 0 Å². The van der Waals surface area contributed by atoms with Crippen molar-refractivity contribution < 1.29 is 34.1 Å². The van der Waals surface area contributed by atoms with Crippen LogP contribution in [0.5, 0.6) is 0 Å². The molecule has 80 valence electrons. The van der Waals surface area contributed by atoms with Gasteiger partial charge in [0.15, 0.2) is 5.60 Å². The van der Waals surface area contributed by atoms with E-state index in [1.807, 2.05) is 0 Å². The Morgan fingerprint density at radius 2 is 1.43 bits per heavy atom. The maximum absolute atomic E-state index is 10.7. The molecule has 0 aliphatic rings. The van der Waals surface area contributed by atoms with Gasteiger partial charge >= 0.3 is 17.9 Å². The number of rotatable bonds is 6. The molecule has 0 aliphatic carbocycles. The van der Waals surface area contributed by atoms with E-state index >= 15 is 0 Å². The number of carboxylic acid groups (broad SMARTS) is 3. The molecule has 0 fully saturated rings. The van der Waals surface area contributed by atoms with Crippen LogP contribution in [0.15, 0.2) is 0 Å². The van der Waals surface area contributed by atoms with Crippen LogP contribution >= 0.6 is 0 Å². The van der Waals surface area contributed by atoms with Gasteiger partial charge in [-0.15, -0.1) is 0 Å². The highest BCUT2D eigenvalue weighted by Gasteiger charge is 2.42. The fourth-order valence-corrected chi connectivity index (χ4v) is 1.40. The molecule has 0 amide bonds. The number of aliphatic carboxylic acids is 3. The molecule has 14 heavy (non-hydrogen) atoms. The molecule has 0 saturated carbocycles. The van der Waals surface area contributed by atoms with Gasteiger partial charge in [0.25, 0.3) is 0 Å². The lowest BCUT2D eigenvalue weighted by Gasteiger charge is -2.24. The second kappa shape index (κ2) is 4.72. The average molecular weight is 222 g/mol. The first-order valence-corrected chi connectivity index (χ1v) is 4.38. The standard InChI is InChI=1S/C6H10O7Si/c7-3(8)1-6(13-14,5(11)12)2-4(9)10/h1-2H2,14H3,(H,7,8)(H,9,10)(H,11,12). The summed E-state index contributed by atoms with van der Waals surface area (Å²) in [5.74, 6) is -4.40. The van der Waals surface area contributed by atoms with Crippen molar-refractivity contribution in [1.82, 2.24) is 0 Å². The van der Waals surface area contributed by atoms with E-state index in [-0.39, 0.29) is 10.5 Å². The summed E-state index contributed by atoms with van der Waals surface area (Å²) < 4.78 is 4.60. The van der Waals surface area contributed by atoms with E-state index in [0.29, 0.717) is 0 Å². The molecule has 0 aromatic carbocycles.